The number of piperidine rings is 1. The van der Waals surface area contributed by atoms with Gasteiger partial charge < -0.3 is 5.73 Å². The lowest BCUT2D eigenvalue weighted by Crippen LogP contribution is -2.31. The molecule has 4 heterocycles. The number of hydrazone groups is 1. The number of nitrogen functional groups attached to an aromatic ring is 1. The minimum absolute atomic E-state index is 0.0668. The van der Waals surface area contributed by atoms with Crippen LogP contribution in [0.4, 0.5) is 5.82 Å². The summed E-state index contributed by atoms with van der Waals surface area (Å²) >= 11 is 0. The van der Waals surface area contributed by atoms with E-state index in [1.54, 1.807) is 25.4 Å². The molecule has 1 fully saturated rings. The third-order valence-electron chi connectivity index (χ3n) is 4.90. The lowest BCUT2D eigenvalue weighted by atomic mass is 10.1. The number of likely N-dealkylation sites (tertiary alicyclic amines) is 1. The summed E-state index contributed by atoms with van der Waals surface area (Å²) in [4.78, 5) is 19.1. The summed E-state index contributed by atoms with van der Waals surface area (Å²) in [5.74, 6) is -0.215. The van der Waals surface area contributed by atoms with Gasteiger partial charge in [0.25, 0.3) is 5.91 Å². The molecule has 0 radical (unpaired) electrons. The quantitative estimate of drug-likeness (QED) is 0.443. The lowest BCUT2D eigenvalue weighted by molar-refractivity contribution is 0.0947. The normalized spacial score (nSPS) is 15.3. The van der Waals surface area contributed by atoms with Crippen molar-refractivity contribution in [3.8, 4) is 5.82 Å². The van der Waals surface area contributed by atoms with E-state index in [0.717, 1.165) is 31.5 Å². The molecule has 0 bridgehead atoms. The van der Waals surface area contributed by atoms with Crippen molar-refractivity contribution in [1.82, 2.24) is 40.6 Å². The third kappa shape index (κ3) is 4.17. The molecule has 156 valence electrons. The van der Waals surface area contributed by atoms with E-state index in [4.69, 9.17) is 5.73 Å². The van der Waals surface area contributed by atoms with Gasteiger partial charge in [0.1, 0.15) is 0 Å². The smallest absolute Gasteiger partial charge is 0.293 e. The Balaban J connectivity index is 1.61. The van der Waals surface area contributed by atoms with Crippen molar-refractivity contribution < 1.29 is 9.42 Å². The standard InChI is InChI=1S/C18H22N10O2/c1-12(13-6-5-7-20-10-13)21-23-18(29)15-14(11-27-8-3-2-4-9-27)28(26-22-15)17-16(19)24-30-25-17/h5-7,10H,2-4,8-9,11H2,1H3,(H2,19,24)(H,23,29)/b21-12+. The maximum absolute atomic E-state index is 12.9. The molecule has 1 aliphatic rings. The predicted molar refractivity (Wildman–Crippen MR) is 107 cm³/mol. The molecule has 12 nitrogen and oxygen atoms in total. The van der Waals surface area contributed by atoms with Crippen LogP contribution in [-0.2, 0) is 6.54 Å². The van der Waals surface area contributed by atoms with E-state index in [2.05, 4.69) is 45.7 Å². The number of nitrogens with one attached hydrogen (secondary N) is 1. The van der Waals surface area contributed by atoms with Crippen molar-refractivity contribution in [2.45, 2.75) is 32.7 Å². The maximum Gasteiger partial charge on any atom is 0.293 e. The number of pyridine rings is 1. The first-order valence-corrected chi connectivity index (χ1v) is 9.64. The summed E-state index contributed by atoms with van der Waals surface area (Å²) in [5.41, 5.74) is 10.5. The summed E-state index contributed by atoms with van der Waals surface area (Å²) in [7, 11) is 0. The Morgan fingerprint density at radius 1 is 1.30 bits per heavy atom. The zero-order valence-corrected chi connectivity index (χ0v) is 16.5. The SMILES string of the molecule is C/C(=N\NC(=O)c1nnn(-c2nonc2N)c1CN1CCCCC1)c1cccnc1. The third-order valence-corrected chi connectivity index (χ3v) is 4.90. The molecule has 3 N–H and O–H groups in total. The number of nitrogens with two attached hydrogens (primary N) is 1. The highest BCUT2D eigenvalue weighted by atomic mass is 16.6. The van der Waals surface area contributed by atoms with E-state index >= 15 is 0 Å². The van der Waals surface area contributed by atoms with Crippen molar-refractivity contribution in [3.05, 3.63) is 41.5 Å². The fourth-order valence-electron chi connectivity index (χ4n) is 3.29. The highest BCUT2D eigenvalue weighted by Gasteiger charge is 2.26. The van der Waals surface area contributed by atoms with Gasteiger partial charge in [-0.05, 0) is 49.2 Å². The number of anilines is 1. The summed E-state index contributed by atoms with van der Waals surface area (Å²) in [6.07, 6.45) is 6.74. The molecule has 0 atom stereocenters. The van der Waals surface area contributed by atoms with Crippen LogP contribution >= 0.6 is 0 Å². The van der Waals surface area contributed by atoms with Crippen LogP contribution in [0, 0.1) is 0 Å². The van der Waals surface area contributed by atoms with Crippen molar-refractivity contribution in [2.75, 3.05) is 18.8 Å². The Hall–Kier alpha value is -3.67. The van der Waals surface area contributed by atoms with E-state index in [9.17, 15) is 4.79 Å². The van der Waals surface area contributed by atoms with Gasteiger partial charge >= 0.3 is 0 Å². The summed E-state index contributed by atoms with van der Waals surface area (Å²) in [6, 6.07) is 3.66. The summed E-state index contributed by atoms with van der Waals surface area (Å²) < 4.78 is 6.08. The van der Waals surface area contributed by atoms with Gasteiger partial charge in [0.15, 0.2) is 5.69 Å². The number of carbonyl (C=O) groups excluding carboxylic acids is 1. The average molecular weight is 410 g/mol. The van der Waals surface area contributed by atoms with Crippen LogP contribution in [0.3, 0.4) is 0 Å². The number of amides is 1. The lowest BCUT2D eigenvalue weighted by Gasteiger charge is -2.26. The van der Waals surface area contributed by atoms with Crippen molar-refractivity contribution in [3.63, 3.8) is 0 Å². The largest absolute Gasteiger partial charge is 0.378 e. The van der Waals surface area contributed by atoms with Crippen LogP contribution in [-0.4, -0.2) is 59.9 Å². The minimum atomic E-state index is -0.480. The molecule has 0 aliphatic carbocycles. The van der Waals surface area contributed by atoms with Gasteiger partial charge in [0.2, 0.25) is 11.6 Å². The van der Waals surface area contributed by atoms with Crippen LogP contribution in [0.2, 0.25) is 0 Å². The predicted octanol–water partition coefficient (Wildman–Crippen LogP) is 0.767. The molecule has 1 amide bonds. The molecule has 12 heteroatoms. The first-order chi connectivity index (χ1) is 14.6. The number of aromatic nitrogens is 6. The van der Waals surface area contributed by atoms with E-state index < -0.39 is 5.91 Å². The molecule has 0 saturated carbocycles. The van der Waals surface area contributed by atoms with E-state index in [1.165, 1.54) is 11.1 Å². The zero-order chi connectivity index (χ0) is 20.9. The van der Waals surface area contributed by atoms with Gasteiger partial charge in [-0.1, -0.05) is 17.7 Å². The molecular formula is C18H22N10O2. The highest BCUT2D eigenvalue weighted by Crippen LogP contribution is 2.19. The van der Waals surface area contributed by atoms with Gasteiger partial charge in [-0.15, -0.1) is 5.10 Å². The molecule has 0 spiro atoms. The fourth-order valence-corrected chi connectivity index (χ4v) is 3.29. The van der Waals surface area contributed by atoms with Crippen molar-refractivity contribution in [2.24, 2.45) is 5.10 Å². The van der Waals surface area contributed by atoms with E-state index in [0.29, 0.717) is 18.0 Å². The molecule has 0 unspecified atom stereocenters. The van der Waals surface area contributed by atoms with E-state index in [1.807, 2.05) is 6.07 Å². The molecule has 3 aromatic rings. The van der Waals surface area contributed by atoms with Gasteiger partial charge in [-0.2, -0.15) is 9.78 Å². The van der Waals surface area contributed by atoms with Crippen LogP contribution in [0.25, 0.3) is 5.82 Å². The second kappa shape index (κ2) is 8.78. The zero-order valence-electron chi connectivity index (χ0n) is 16.5. The minimum Gasteiger partial charge on any atom is -0.378 e. The highest BCUT2D eigenvalue weighted by molar-refractivity contribution is 6.00. The molecule has 3 aromatic heterocycles. The topological polar surface area (TPSA) is 153 Å². The monoisotopic (exact) mass is 410 g/mol. The maximum atomic E-state index is 12.9. The van der Waals surface area contributed by atoms with Crippen LogP contribution < -0.4 is 11.2 Å². The van der Waals surface area contributed by atoms with Crippen molar-refractivity contribution >= 4 is 17.4 Å². The molecule has 4 rings (SSSR count). The fraction of sp³-hybridized carbons (Fsp3) is 0.389. The van der Waals surface area contributed by atoms with Gasteiger partial charge in [0, 0.05) is 24.5 Å². The number of hydrogen-bond donors (Lipinski definition) is 2. The summed E-state index contributed by atoms with van der Waals surface area (Å²) in [5, 5.41) is 19.7. The molecule has 1 saturated heterocycles. The molecular weight excluding hydrogens is 388 g/mol. The molecule has 0 aromatic carbocycles. The Bertz CT molecular complexity index is 1040. The number of nitrogens with zero attached hydrogens (tertiary/aromatic N) is 8. The first-order valence-electron chi connectivity index (χ1n) is 9.64. The van der Waals surface area contributed by atoms with Gasteiger partial charge in [0.05, 0.1) is 11.4 Å². The number of hydrogen-bond acceptors (Lipinski definition) is 10. The molecule has 30 heavy (non-hydrogen) atoms. The van der Waals surface area contributed by atoms with E-state index in [-0.39, 0.29) is 17.3 Å². The Labute approximate surface area is 172 Å². The average Bonchev–Trinajstić information content (AvgIpc) is 3.39. The van der Waals surface area contributed by atoms with Gasteiger partial charge in [-0.25, -0.2) is 10.1 Å². The Kier molecular flexibility index (Phi) is 5.75. The summed E-state index contributed by atoms with van der Waals surface area (Å²) in [6.45, 7) is 4.10. The first kappa shape index (κ1) is 19.6. The van der Waals surface area contributed by atoms with Gasteiger partial charge in [-0.3, -0.25) is 14.7 Å². The Morgan fingerprint density at radius 3 is 2.83 bits per heavy atom. The van der Waals surface area contributed by atoms with Crippen molar-refractivity contribution in [1.29, 1.82) is 0 Å². The molecule has 1 aliphatic heterocycles. The number of rotatable bonds is 6. The Morgan fingerprint density at radius 2 is 2.13 bits per heavy atom. The van der Waals surface area contributed by atoms with Crippen LogP contribution in [0.1, 0.15) is 47.9 Å². The second-order valence-electron chi connectivity index (χ2n) is 6.99. The van der Waals surface area contributed by atoms with Crippen LogP contribution in [0.5, 0.6) is 0 Å². The second-order valence-corrected chi connectivity index (χ2v) is 6.99. The van der Waals surface area contributed by atoms with Crippen LogP contribution in [0.15, 0.2) is 34.3 Å². The number of carbonyl (C=O) groups is 1.